The second kappa shape index (κ2) is 5.72. The van der Waals surface area contributed by atoms with Crippen molar-refractivity contribution >= 4 is 5.91 Å². The van der Waals surface area contributed by atoms with Gasteiger partial charge in [0.15, 0.2) is 5.82 Å². The van der Waals surface area contributed by atoms with Crippen LogP contribution in [-0.2, 0) is 0 Å². The minimum atomic E-state index is -0.0673. The molecule has 6 nitrogen and oxygen atoms in total. The number of rotatable bonds is 3. The minimum absolute atomic E-state index is 0.0288. The Morgan fingerprint density at radius 2 is 2.13 bits per heavy atom. The molecule has 0 aliphatic carbocycles. The third-order valence-corrected chi connectivity index (χ3v) is 4.13. The van der Waals surface area contributed by atoms with Crippen molar-refractivity contribution in [2.75, 3.05) is 6.54 Å². The van der Waals surface area contributed by atoms with Gasteiger partial charge in [0.05, 0.1) is 17.9 Å². The topological polar surface area (TPSA) is 75.0 Å². The number of H-pyrrole nitrogens is 1. The van der Waals surface area contributed by atoms with Crippen LogP contribution in [0.4, 0.5) is 0 Å². The molecular formula is C17H16N4O2. The summed E-state index contributed by atoms with van der Waals surface area (Å²) in [4.78, 5) is 19.0. The van der Waals surface area contributed by atoms with Crippen molar-refractivity contribution in [2.45, 2.75) is 18.9 Å². The van der Waals surface area contributed by atoms with E-state index in [-0.39, 0.29) is 11.9 Å². The van der Waals surface area contributed by atoms with E-state index in [4.69, 9.17) is 4.42 Å². The maximum atomic E-state index is 12.6. The number of carbonyl (C=O) groups is 1. The fourth-order valence-corrected chi connectivity index (χ4v) is 2.99. The molecule has 1 fully saturated rings. The molecule has 0 spiro atoms. The van der Waals surface area contributed by atoms with Crippen LogP contribution in [0.25, 0.3) is 11.4 Å². The predicted octanol–water partition coefficient (Wildman–Crippen LogP) is 3.04. The molecule has 1 N–H and O–H groups in total. The molecule has 3 heterocycles. The Morgan fingerprint density at radius 3 is 2.91 bits per heavy atom. The highest BCUT2D eigenvalue weighted by Crippen LogP contribution is 2.32. The maximum Gasteiger partial charge on any atom is 0.257 e. The van der Waals surface area contributed by atoms with E-state index in [9.17, 15) is 4.79 Å². The van der Waals surface area contributed by atoms with Crippen LogP contribution in [0.1, 0.15) is 35.1 Å². The molecular weight excluding hydrogens is 292 g/mol. The van der Waals surface area contributed by atoms with E-state index < -0.39 is 0 Å². The maximum absolute atomic E-state index is 12.6. The van der Waals surface area contributed by atoms with Gasteiger partial charge in [-0.2, -0.15) is 5.10 Å². The van der Waals surface area contributed by atoms with Crippen molar-refractivity contribution in [1.82, 2.24) is 20.1 Å². The van der Waals surface area contributed by atoms with Gasteiger partial charge in [0.1, 0.15) is 12.1 Å². The molecule has 6 heteroatoms. The summed E-state index contributed by atoms with van der Waals surface area (Å²) < 4.78 is 5.01. The van der Waals surface area contributed by atoms with Crippen molar-refractivity contribution in [3.05, 3.63) is 60.3 Å². The molecule has 0 saturated carbocycles. The largest absolute Gasteiger partial charge is 0.472 e. The molecule has 0 radical (unpaired) electrons. The Hall–Kier alpha value is -2.89. The minimum Gasteiger partial charge on any atom is -0.472 e. The van der Waals surface area contributed by atoms with Gasteiger partial charge >= 0.3 is 0 Å². The van der Waals surface area contributed by atoms with Crippen LogP contribution in [0.5, 0.6) is 0 Å². The number of nitrogens with zero attached hydrogens (tertiary/aromatic N) is 3. The number of furan rings is 1. The Labute approximate surface area is 133 Å². The second-order valence-corrected chi connectivity index (χ2v) is 5.58. The van der Waals surface area contributed by atoms with Crippen molar-refractivity contribution in [3.63, 3.8) is 0 Å². The lowest BCUT2D eigenvalue weighted by Gasteiger charge is -2.22. The molecule has 1 aliphatic heterocycles. The quantitative estimate of drug-likeness (QED) is 0.807. The Kier molecular flexibility index (Phi) is 3.42. The second-order valence-electron chi connectivity index (χ2n) is 5.58. The zero-order valence-electron chi connectivity index (χ0n) is 12.5. The molecule has 2 aromatic heterocycles. The fraction of sp³-hybridized carbons (Fsp3) is 0.235. The van der Waals surface area contributed by atoms with Crippen LogP contribution in [-0.4, -0.2) is 32.5 Å². The van der Waals surface area contributed by atoms with Crippen LogP contribution >= 0.6 is 0 Å². The smallest absolute Gasteiger partial charge is 0.257 e. The molecule has 23 heavy (non-hydrogen) atoms. The summed E-state index contributed by atoms with van der Waals surface area (Å²) in [5.41, 5.74) is 1.53. The first-order chi connectivity index (χ1) is 11.3. The van der Waals surface area contributed by atoms with Crippen molar-refractivity contribution in [3.8, 4) is 11.4 Å². The Morgan fingerprint density at radius 1 is 1.26 bits per heavy atom. The number of likely N-dealkylation sites (tertiary alicyclic amines) is 1. The van der Waals surface area contributed by atoms with E-state index in [0.29, 0.717) is 11.4 Å². The molecule has 1 aromatic carbocycles. The predicted molar refractivity (Wildman–Crippen MR) is 83.5 cm³/mol. The number of amides is 1. The van der Waals surface area contributed by atoms with Gasteiger partial charge in [-0.25, -0.2) is 4.98 Å². The summed E-state index contributed by atoms with van der Waals surface area (Å²) in [5.74, 6) is 1.36. The third kappa shape index (κ3) is 2.52. The first-order valence-electron chi connectivity index (χ1n) is 7.64. The number of aromatic amines is 1. The number of nitrogens with one attached hydrogen (secondary N) is 1. The van der Waals surface area contributed by atoms with Gasteiger partial charge in [-0.15, -0.1) is 0 Å². The summed E-state index contributed by atoms with van der Waals surface area (Å²) in [6.07, 6.45) is 4.83. The zero-order chi connectivity index (χ0) is 15.6. The molecule has 116 valence electrons. The average Bonchev–Trinajstić information content (AvgIpc) is 3.35. The average molecular weight is 308 g/mol. The third-order valence-electron chi connectivity index (χ3n) is 4.13. The lowest BCUT2D eigenvalue weighted by molar-refractivity contribution is 0.0729. The Bertz CT molecular complexity index is 795. The van der Waals surface area contributed by atoms with E-state index in [1.165, 1.54) is 12.5 Å². The van der Waals surface area contributed by atoms with Crippen LogP contribution < -0.4 is 0 Å². The van der Waals surface area contributed by atoms with E-state index in [1.54, 1.807) is 6.07 Å². The fourth-order valence-electron chi connectivity index (χ4n) is 2.99. The van der Waals surface area contributed by atoms with Gasteiger partial charge in [-0.05, 0) is 18.9 Å². The Balaban J connectivity index is 1.60. The van der Waals surface area contributed by atoms with Crippen LogP contribution in [0.15, 0.2) is 53.3 Å². The monoisotopic (exact) mass is 308 g/mol. The summed E-state index contributed by atoms with van der Waals surface area (Å²) in [6.45, 7) is 0.718. The highest BCUT2D eigenvalue weighted by Gasteiger charge is 2.33. The summed E-state index contributed by atoms with van der Waals surface area (Å²) in [7, 11) is 0. The molecule has 1 aliphatic rings. The van der Waals surface area contributed by atoms with Crippen LogP contribution in [0, 0.1) is 0 Å². The van der Waals surface area contributed by atoms with Crippen molar-refractivity contribution in [2.24, 2.45) is 0 Å². The normalized spacial score (nSPS) is 17.6. The van der Waals surface area contributed by atoms with Crippen LogP contribution in [0.2, 0.25) is 0 Å². The first kappa shape index (κ1) is 13.8. The van der Waals surface area contributed by atoms with Gasteiger partial charge in [-0.3, -0.25) is 9.89 Å². The zero-order valence-corrected chi connectivity index (χ0v) is 12.5. The lowest BCUT2D eigenvalue weighted by atomic mass is 10.2. The standard InChI is InChI=1S/C17H16N4O2/c22-17(13-8-10-23-11-13)21-9-4-7-14(21)16-18-15(19-20-16)12-5-2-1-3-6-12/h1-3,5-6,8,10-11,14H,4,7,9H2,(H,18,19,20). The van der Waals surface area contributed by atoms with Gasteiger partial charge in [0.2, 0.25) is 0 Å². The molecule has 1 amide bonds. The van der Waals surface area contributed by atoms with Gasteiger partial charge in [0, 0.05) is 12.1 Å². The molecule has 4 rings (SSSR count). The molecule has 1 atom stereocenters. The van der Waals surface area contributed by atoms with E-state index in [1.807, 2.05) is 35.2 Å². The van der Waals surface area contributed by atoms with Crippen molar-refractivity contribution < 1.29 is 9.21 Å². The van der Waals surface area contributed by atoms with Gasteiger partial charge in [-0.1, -0.05) is 30.3 Å². The SMILES string of the molecule is O=C(c1ccoc1)N1CCCC1c1nc(-c2ccccc2)n[nH]1. The number of carbonyl (C=O) groups excluding carboxylic acids is 1. The first-order valence-corrected chi connectivity index (χ1v) is 7.64. The molecule has 0 bridgehead atoms. The van der Waals surface area contributed by atoms with Crippen LogP contribution in [0.3, 0.4) is 0 Å². The highest BCUT2D eigenvalue weighted by molar-refractivity contribution is 5.94. The molecule has 1 saturated heterocycles. The number of benzene rings is 1. The summed E-state index contributed by atoms with van der Waals surface area (Å²) >= 11 is 0. The van der Waals surface area contributed by atoms with Gasteiger partial charge in [0.25, 0.3) is 5.91 Å². The van der Waals surface area contributed by atoms with Crippen molar-refractivity contribution in [1.29, 1.82) is 0 Å². The molecule has 1 unspecified atom stereocenters. The number of hydrogen-bond donors (Lipinski definition) is 1. The number of hydrogen-bond acceptors (Lipinski definition) is 4. The summed E-state index contributed by atoms with van der Waals surface area (Å²) in [6, 6.07) is 11.4. The highest BCUT2D eigenvalue weighted by atomic mass is 16.3. The number of aromatic nitrogens is 3. The van der Waals surface area contributed by atoms with E-state index in [2.05, 4.69) is 15.2 Å². The summed E-state index contributed by atoms with van der Waals surface area (Å²) in [5, 5.41) is 7.29. The lowest BCUT2D eigenvalue weighted by Crippen LogP contribution is -2.30. The van der Waals surface area contributed by atoms with E-state index >= 15 is 0 Å². The molecule has 3 aromatic rings. The van der Waals surface area contributed by atoms with Gasteiger partial charge < -0.3 is 9.32 Å². The van der Waals surface area contributed by atoms with E-state index in [0.717, 1.165) is 30.8 Å².